The third-order valence-electron chi connectivity index (χ3n) is 3.86. The molecule has 114 valence electrons. The topological polar surface area (TPSA) is 57.2 Å². The lowest BCUT2D eigenvalue weighted by Gasteiger charge is -2.14. The summed E-state index contributed by atoms with van der Waals surface area (Å²) >= 11 is 0. The first-order chi connectivity index (χ1) is 10.8. The van der Waals surface area contributed by atoms with Crippen LogP contribution in [0.3, 0.4) is 0 Å². The second-order valence-electron chi connectivity index (χ2n) is 5.26. The molecule has 2 aliphatic heterocycles. The zero-order valence-electron chi connectivity index (χ0n) is 11.9. The van der Waals surface area contributed by atoms with Gasteiger partial charge in [-0.2, -0.15) is 0 Å². The molecule has 4 rings (SSSR count). The molecule has 0 amide bonds. The van der Waals surface area contributed by atoms with E-state index >= 15 is 0 Å². The molecule has 1 unspecified atom stereocenters. The van der Waals surface area contributed by atoms with Gasteiger partial charge in [-0.1, -0.05) is 30.3 Å². The first-order valence-electron chi connectivity index (χ1n) is 7.22. The first kappa shape index (κ1) is 13.6. The highest BCUT2D eigenvalue weighted by Gasteiger charge is 2.20. The van der Waals surface area contributed by atoms with Crippen LogP contribution in [0.4, 0.5) is 0 Å². The molecule has 0 aromatic heterocycles. The van der Waals surface area contributed by atoms with Crippen LogP contribution in [-0.2, 0) is 9.47 Å². The lowest BCUT2D eigenvalue weighted by atomic mass is 10.00. The van der Waals surface area contributed by atoms with Crippen LogP contribution < -0.4 is 9.47 Å². The summed E-state index contributed by atoms with van der Waals surface area (Å²) in [7, 11) is 0. The predicted octanol–water partition coefficient (Wildman–Crippen LogP) is 2.54. The Morgan fingerprint density at radius 3 is 2.32 bits per heavy atom. The first-order valence-corrected chi connectivity index (χ1v) is 7.22. The zero-order valence-corrected chi connectivity index (χ0v) is 11.9. The van der Waals surface area contributed by atoms with E-state index in [0.717, 1.165) is 16.7 Å². The Kier molecular flexibility index (Phi) is 3.46. The van der Waals surface area contributed by atoms with Crippen molar-refractivity contribution < 1.29 is 24.1 Å². The van der Waals surface area contributed by atoms with E-state index in [4.69, 9.17) is 18.9 Å². The van der Waals surface area contributed by atoms with Gasteiger partial charge in [0.25, 0.3) is 0 Å². The normalized spacial score (nSPS) is 18.6. The molecule has 5 nitrogen and oxygen atoms in total. The Bertz CT molecular complexity index is 661. The second-order valence-corrected chi connectivity index (χ2v) is 5.26. The average Bonchev–Trinajstić information content (AvgIpc) is 3.25. The molecular weight excluding hydrogens is 284 g/mol. The van der Waals surface area contributed by atoms with Gasteiger partial charge < -0.3 is 24.1 Å². The Balaban J connectivity index is 1.55. The molecule has 0 bridgehead atoms. The molecule has 2 aromatic carbocycles. The van der Waals surface area contributed by atoms with Gasteiger partial charge in [0.05, 0.1) is 13.2 Å². The van der Waals surface area contributed by atoms with Gasteiger partial charge in [0.15, 0.2) is 17.8 Å². The van der Waals surface area contributed by atoms with Crippen LogP contribution in [0, 0.1) is 0 Å². The monoisotopic (exact) mass is 300 g/mol. The number of rotatable bonds is 3. The van der Waals surface area contributed by atoms with Crippen LogP contribution >= 0.6 is 0 Å². The van der Waals surface area contributed by atoms with Crippen molar-refractivity contribution in [2.24, 2.45) is 0 Å². The Hall–Kier alpha value is -2.08. The maximum Gasteiger partial charge on any atom is 0.231 e. The number of fused-ring (bicyclic) bond motifs is 1. The molecule has 22 heavy (non-hydrogen) atoms. The minimum absolute atomic E-state index is 0.227. The Labute approximate surface area is 128 Å². The summed E-state index contributed by atoms with van der Waals surface area (Å²) in [6, 6.07) is 13.1. The third-order valence-corrected chi connectivity index (χ3v) is 3.86. The maximum absolute atomic E-state index is 10.5. The fourth-order valence-electron chi connectivity index (χ4n) is 2.66. The summed E-state index contributed by atoms with van der Waals surface area (Å²) in [4.78, 5) is 0. The smallest absolute Gasteiger partial charge is 0.231 e. The van der Waals surface area contributed by atoms with Gasteiger partial charge in [-0.3, -0.25) is 0 Å². The highest BCUT2D eigenvalue weighted by molar-refractivity contribution is 5.46. The van der Waals surface area contributed by atoms with Crippen molar-refractivity contribution >= 4 is 0 Å². The molecule has 0 aliphatic carbocycles. The Morgan fingerprint density at radius 2 is 1.55 bits per heavy atom. The van der Waals surface area contributed by atoms with Gasteiger partial charge in [-0.15, -0.1) is 0 Å². The zero-order chi connectivity index (χ0) is 14.9. The molecule has 0 spiro atoms. The fraction of sp³-hybridized carbons (Fsp3) is 0.294. The molecule has 2 heterocycles. The van der Waals surface area contributed by atoms with Crippen LogP contribution in [0.5, 0.6) is 11.5 Å². The molecule has 1 saturated heterocycles. The molecule has 2 aromatic rings. The van der Waals surface area contributed by atoms with Crippen molar-refractivity contribution in [3.63, 3.8) is 0 Å². The number of hydrogen-bond acceptors (Lipinski definition) is 5. The fourth-order valence-corrected chi connectivity index (χ4v) is 2.66. The predicted molar refractivity (Wildman–Crippen MR) is 77.7 cm³/mol. The lowest BCUT2D eigenvalue weighted by molar-refractivity contribution is -0.0441. The van der Waals surface area contributed by atoms with Crippen LogP contribution in [0.1, 0.15) is 29.1 Å². The van der Waals surface area contributed by atoms with Crippen LogP contribution in [-0.4, -0.2) is 25.1 Å². The van der Waals surface area contributed by atoms with E-state index < -0.39 is 6.10 Å². The van der Waals surface area contributed by atoms with Crippen LogP contribution in [0.2, 0.25) is 0 Å². The third kappa shape index (κ3) is 2.43. The number of ether oxygens (including phenoxy) is 4. The minimum Gasteiger partial charge on any atom is -0.454 e. The van der Waals surface area contributed by atoms with Gasteiger partial charge in [-0.25, -0.2) is 0 Å². The van der Waals surface area contributed by atoms with Crippen LogP contribution in [0.15, 0.2) is 42.5 Å². The second kappa shape index (κ2) is 5.61. The summed E-state index contributed by atoms with van der Waals surface area (Å²) in [6.45, 7) is 1.46. The molecule has 1 N–H and O–H groups in total. The van der Waals surface area contributed by atoms with E-state index in [9.17, 15) is 5.11 Å². The van der Waals surface area contributed by atoms with Gasteiger partial charge in [-0.05, 0) is 23.3 Å². The summed E-state index contributed by atoms with van der Waals surface area (Å²) in [5.41, 5.74) is 2.53. The SMILES string of the molecule is OC(c1ccc(C2OCCO2)cc1)c1ccc2c(c1)OCO2. The summed E-state index contributed by atoms with van der Waals surface area (Å²) in [5, 5.41) is 10.5. The number of aliphatic hydroxyl groups is 1. The average molecular weight is 300 g/mol. The molecular formula is C17H16O5. The highest BCUT2D eigenvalue weighted by atomic mass is 16.7. The van der Waals surface area contributed by atoms with Crippen LogP contribution in [0.25, 0.3) is 0 Å². The van der Waals surface area contributed by atoms with Crippen molar-refractivity contribution in [3.05, 3.63) is 59.2 Å². The Morgan fingerprint density at radius 1 is 0.864 bits per heavy atom. The minimum atomic E-state index is -0.714. The van der Waals surface area contributed by atoms with Crippen molar-refractivity contribution in [2.75, 3.05) is 20.0 Å². The quantitative estimate of drug-likeness (QED) is 0.944. The molecule has 2 aliphatic rings. The molecule has 0 saturated carbocycles. The molecule has 1 atom stereocenters. The molecule has 1 fully saturated rings. The molecule has 5 heteroatoms. The van der Waals surface area contributed by atoms with E-state index in [1.807, 2.05) is 42.5 Å². The number of hydrogen-bond donors (Lipinski definition) is 1. The van der Waals surface area contributed by atoms with Crippen molar-refractivity contribution in [1.82, 2.24) is 0 Å². The van der Waals surface area contributed by atoms with Gasteiger partial charge in [0.2, 0.25) is 6.79 Å². The summed E-state index contributed by atoms with van der Waals surface area (Å²) < 4.78 is 21.5. The van der Waals surface area contributed by atoms with E-state index in [2.05, 4.69) is 0 Å². The van der Waals surface area contributed by atoms with Crippen molar-refractivity contribution in [2.45, 2.75) is 12.4 Å². The van der Waals surface area contributed by atoms with Crippen molar-refractivity contribution in [1.29, 1.82) is 0 Å². The van der Waals surface area contributed by atoms with Crippen molar-refractivity contribution in [3.8, 4) is 11.5 Å². The summed E-state index contributed by atoms with van der Waals surface area (Å²) in [6.07, 6.45) is -1.01. The van der Waals surface area contributed by atoms with E-state index in [1.165, 1.54) is 0 Å². The molecule has 0 radical (unpaired) electrons. The van der Waals surface area contributed by atoms with Gasteiger partial charge in [0.1, 0.15) is 6.10 Å². The van der Waals surface area contributed by atoms with Gasteiger partial charge in [0, 0.05) is 5.56 Å². The van der Waals surface area contributed by atoms with E-state index in [-0.39, 0.29) is 13.1 Å². The largest absolute Gasteiger partial charge is 0.454 e. The summed E-state index contributed by atoms with van der Waals surface area (Å²) in [5.74, 6) is 1.38. The maximum atomic E-state index is 10.5. The highest BCUT2D eigenvalue weighted by Crippen LogP contribution is 2.36. The number of benzene rings is 2. The van der Waals surface area contributed by atoms with E-state index in [1.54, 1.807) is 0 Å². The van der Waals surface area contributed by atoms with Gasteiger partial charge >= 0.3 is 0 Å². The lowest BCUT2D eigenvalue weighted by Crippen LogP contribution is -2.02. The van der Waals surface area contributed by atoms with E-state index in [0.29, 0.717) is 24.7 Å². The standard InChI is InChI=1S/C17H16O5/c18-16(13-5-6-14-15(9-13)22-10-21-14)11-1-3-12(4-2-11)17-19-7-8-20-17/h1-6,9,16-18H,7-8,10H2. The number of aliphatic hydroxyl groups excluding tert-OH is 1.